The van der Waals surface area contributed by atoms with Gasteiger partial charge >= 0.3 is 433 Å². The van der Waals surface area contributed by atoms with Crippen molar-refractivity contribution in [2.45, 2.75) is 428 Å². The summed E-state index contributed by atoms with van der Waals surface area (Å²) in [6.45, 7) is 19.9. The number of thiophene rings is 2. The summed E-state index contributed by atoms with van der Waals surface area (Å²) in [7, 11) is 0. The molecule has 6 aromatic heterocycles. The molecule has 0 radical (unpaired) electrons. The van der Waals surface area contributed by atoms with Crippen molar-refractivity contribution in [2.24, 2.45) is 11.8 Å². The molecule has 6 rings (SSSR count). The monoisotopic (exact) mass is 1540 g/mol. The molecule has 0 aliphatic heterocycles. The van der Waals surface area contributed by atoms with Gasteiger partial charge in [0.15, 0.2) is 0 Å². The van der Waals surface area contributed by atoms with E-state index in [4.69, 9.17) is 0 Å². The average Bonchev–Trinajstić information content (AvgIpc) is 1.10. The number of hydrogen-bond acceptors (Lipinski definition) is 4. The van der Waals surface area contributed by atoms with E-state index >= 15 is 9.59 Å². The van der Waals surface area contributed by atoms with Crippen LogP contribution in [0, 0.1) is 25.7 Å². The van der Waals surface area contributed by atoms with E-state index < -0.39 is 0 Å². The first-order valence-corrected chi connectivity index (χ1v) is 48.4. The van der Waals surface area contributed by atoms with Crippen molar-refractivity contribution in [2.75, 3.05) is 0 Å². The molecule has 0 aromatic carbocycles. The van der Waals surface area contributed by atoms with Gasteiger partial charge in [-0.15, -0.1) is 0 Å². The van der Waals surface area contributed by atoms with Crippen LogP contribution in [0.1, 0.15) is 409 Å². The third-order valence-corrected chi connectivity index (χ3v) is 29.7. The summed E-state index contributed by atoms with van der Waals surface area (Å²) < 4.78 is 9.49. The smallest absolute Gasteiger partial charge is 0.0654 e. The van der Waals surface area contributed by atoms with E-state index in [2.05, 4.69) is 113 Å². The van der Waals surface area contributed by atoms with Crippen LogP contribution in [-0.4, -0.2) is 38.1 Å². The van der Waals surface area contributed by atoms with Gasteiger partial charge in [-0.2, -0.15) is 0 Å². The summed E-state index contributed by atoms with van der Waals surface area (Å²) in [6, 6.07) is 18.6. The third kappa shape index (κ3) is 32.7. The van der Waals surface area contributed by atoms with Crippen molar-refractivity contribution in [3.8, 4) is 39.1 Å². The molecule has 0 amide bonds. The zero-order valence-corrected chi connectivity index (χ0v) is 71.2. The number of unbranched alkanes of at least 4 members (excludes halogenated alkanes) is 40. The minimum absolute atomic E-state index is 0.0538. The standard InChI is InChI=1S/C92H150N2O2S2Se2/c1-9-15-21-27-31-35-37-41-45-49-59-77(57-47-43-39-33-29-23-17-11-3)61-53-55-69-93-84-74-82(87-67-68-88(100-87)85-72-80(64-52-26-20-14-6)90(98-85)89-79(71-75(7)97-89)63-51-25-19-13-5)92(96)94(83(84)73-81(91(93)95)86-66-65-76(8)99-86)70-56-54-62-78(58-48-44-40-34-30-24-18-12-4)60-50-46-42-38-36-32-28-22-16-10-2/h65-68,71-74,77-78H,9-64,69-70H2,1-8H3. The minimum Gasteiger partial charge on any atom is -0.0654 e. The second-order valence-electron chi connectivity index (χ2n) is 31.4. The molecular weight excluding hydrogens is 1390 g/mol. The molecule has 564 valence electrons. The van der Waals surface area contributed by atoms with Gasteiger partial charge in [0.2, 0.25) is 0 Å². The maximum absolute atomic E-state index is 15.9. The first-order valence-electron chi connectivity index (χ1n) is 43.3. The predicted molar refractivity (Wildman–Crippen MR) is 451 cm³/mol. The van der Waals surface area contributed by atoms with E-state index in [9.17, 15) is 0 Å². The molecule has 2 atom stereocenters. The second-order valence-corrected chi connectivity index (χ2v) is 38.6. The van der Waals surface area contributed by atoms with E-state index in [0.29, 0.717) is 13.1 Å². The second kappa shape index (κ2) is 54.2. The summed E-state index contributed by atoms with van der Waals surface area (Å²) in [4.78, 5) is 37.3. The first-order chi connectivity index (χ1) is 49.1. The van der Waals surface area contributed by atoms with Crippen LogP contribution in [0.4, 0.5) is 0 Å². The zero-order valence-electron chi connectivity index (χ0n) is 66.1. The summed E-state index contributed by atoms with van der Waals surface area (Å²) in [5, 5.41) is 0. The molecule has 6 aromatic rings. The molecule has 0 saturated carbocycles. The number of pyridine rings is 2. The van der Waals surface area contributed by atoms with Crippen molar-refractivity contribution in [3.05, 3.63) is 89.7 Å². The van der Waals surface area contributed by atoms with Crippen LogP contribution in [0.2, 0.25) is 0 Å². The van der Waals surface area contributed by atoms with Crippen molar-refractivity contribution in [1.82, 2.24) is 9.13 Å². The molecule has 6 heterocycles. The summed E-state index contributed by atoms with van der Waals surface area (Å²) in [6.07, 6.45) is 74.6. The van der Waals surface area contributed by atoms with Gasteiger partial charge in [-0.05, 0) is 0 Å². The fraction of sp³-hybridized carbons (Fsp3) is 0.739. The number of aromatic nitrogens is 2. The molecule has 4 nitrogen and oxygen atoms in total. The molecule has 0 fully saturated rings. The van der Waals surface area contributed by atoms with E-state index in [1.165, 1.54) is 364 Å². The summed E-state index contributed by atoms with van der Waals surface area (Å²) >= 11 is 4.08. The van der Waals surface area contributed by atoms with Crippen LogP contribution in [0.5, 0.6) is 0 Å². The summed E-state index contributed by atoms with van der Waals surface area (Å²) in [5.74, 6) is 1.53. The number of aryl methyl sites for hydroxylation is 6. The van der Waals surface area contributed by atoms with E-state index in [-0.39, 0.29) is 40.1 Å². The molecule has 0 spiro atoms. The van der Waals surface area contributed by atoms with Crippen molar-refractivity contribution in [3.63, 3.8) is 0 Å². The van der Waals surface area contributed by atoms with E-state index in [1.54, 1.807) is 5.56 Å². The Morgan fingerprint density at radius 3 is 0.980 bits per heavy atom. The van der Waals surface area contributed by atoms with Gasteiger partial charge in [0.05, 0.1) is 0 Å². The molecule has 100 heavy (non-hydrogen) atoms. The van der Waals surface area contributed by atoms with Gasteiger partial charge in [-0.1, -0.05) is 207 Å². The molecule has 8 heteroatoms. The first kappa shape index (κ1) is 86.5. The quantitative estimate of drug-likeness (QED) is 0.0282. The van der Waals surface area contributed by atoms with Gasteiger partial charge < -0.3 is 0 Å². The Hall–Kier alpha value is -2.44. The Bertz CT molecular complexity index is 3150. The summed E-state index contributed by atoms with van der Waals surface area (Å²) in [5.41, 5.74) is 6.98. The van der Waals surface area contributed by atoms with Crippen LogP contribution in [0.3, 0.4) is 0 Å². The Balaban J connectivity index is 1.32. The van der Waals surface area contributed by atoms with E-state index in [0.717, 1.165) is 72.5 Å². The Kier molecular flexibility index (Phi) is 46.9. The van der Waals surface area contributed by atoms with Gasteiger partial charge in [0, 0.05) is 0 Å². The van der Waals surface area contributed by atoms with Crippen molar-refractivity contribution < 1.29 is 0 Å². The Labute approximate surface area is 635 Å². The molecule has 0 N–H and O–H groups in total. The number of rotatable bonds is 64. The van der Waals surface area contributed by atoms with Crippen LogP contribution in [0.25, 0.3) is 50.1 Å². The fourth-order valence-electron chi connectivity index (χ4n) is 16.1. The average molecular weight is 1540 g/mol. The molecule has 0 saturated heterocycles. The third-order valence-electron chi connectivity index (χ3n) is 22.4. The van der Waals surface area contributed by atoms with Gasteiger partial charge in [-0.25, -0.2) is 0 Å². The maximum atomic E-state index is 15.9. The molecule has 0 aliphatic rings. The number of fused-ring (bicyclic) bond motifs is 1. The zero-order chi connectivity index (χ0) is 71.0. The van der Waals surface area contributed by atoms with E-state index in [1.807, 2.05) is 22.7 Å². The van der Waals surface area contributed by atoms with Crippen molar-refractivity contribution >= 4 is 62.7 Å². The molecule has 2 unspecified atom stereocenters. The van der Waals surface area contributed by atoms with Gasteiger partial charge in [-0.3, -0.25) is 0 Å². The topological polar surface area (TPSA) is 44.0 Å². The van der Waals surface area contributed by atoms with Gasteiger partial charge in [0.25, 0.3) is 0 Å². The van der Waals surface area contributed by atoms with Gasteiger partial charge in [0.1, 0.15) is 0 Å². The van der Waals surface area contributed by atoms with Crippen LogP contribution in [0.15, 0.2) is 58.1 Å². The molecular formula is C92H150N2O2S2Se2. The van der Waals surface area contributed by atoms with Crippen LogP contribution >= 0.6 is 22.7 Å². The fourth-order valence-corrected chi connectivity index (χ4v) is 22.7. The SMILES string of the molecule is CCCCCCCCCCCCC(CCCCCCCCCC)CCCCn1c(=O)c(-c2ccc(C)[se]2)cc2c1cc(-c1ccc(-c3cc(CCCCCC)c(-c4sc(C)cc4CCCCCC)s3)[se]1)c(=O)n2CCCCC(CCCCCCCCCC)CCCCCCCCCCCC. The van der Waals surface area contributed by atoms with Crippen LogP contribution in [-0.2, 0) is 25.9 Å². The molecule has 0 bridgehead atoms. The van der Waals surface area contributed by atoms with Crippen LogP contribution < -0.4 is 11.1 Å². The Morgan fingerprint density at radius 1 is 0.320 bits per heavy atom. The normalized spacial score (nSPS) is 12.5. The number of nitrogens with zero attached hydrogens (tertiary/aromatic N) is 2. The number of hydrogen-bond donors (Lipinski definition) is 0. The molecule has 0 aliphatic carbocycles. The minimum atomic E-state index is -0.0538. The Morgan fingerprint density at radius 2 is 0.620 bits per heavy atom. The van der Waals surface area contributed by atoms with Crippen molar-refractivity contribution in [1.29, 1.82) is 0 Å². The predicted octanol–water partition coefficient (Wildman–Crippen LogP) is 30.2.